The van der Waals surface area contributed by atoms with E-state index in [1.54, 1.807) is 0 Å². The summed E-state index contributed by atoms with van der Waals surface area (Å²) in [5.74, 6) is -1.03. The van der Waals surface area contributed by atoms with Gasteiger partial charge in [0.05, 0.1) is 25.0 Å². The largest absolute Gasteiger partial charge is 0.411 e. The summed E-state index contributed by atoms with van der Waals surface area (Å²) in [5, 5.41) is 89.3. The Morgan fingerprint density at radius 3 is 2.02 bits per heavy atom. The van der Waals surface area contributed by atoms with Gasteiger partial charge in [-0.2, -0.15) is 0 Å². The minimum absolute atomic E-state index is 0.502. The minimum atomic E-state index is -2.24. The van der Waals surface area contributed by atoms with E-state index in [2.05, 4.69) is 20.5 Å². The molecule has 0 aromatic rings. The molecule has 15 unspecified atom stereocenters. The molecule has 236 valence electrons. The zero-order valence-corrected chi connectivity index (χ0v) is 22.2. The number of nitrogens with two attached hydrogens (primary N) is 4. The molecule has 15 atom stereocenters. The molecule has 0 spiro atoms. The Kier molecular flexibility index (Phi) is 10.7. The van der Waals surface area contributed by atoms with Crippen LogP contribution in [0.2, 0.25) is 0 Å². The summed E-state index contributed by atoms with van der Waals surface area (Å²) in [6.45, 7) is 0.673. The average molecular weight is 597 g/mol. The molecule has 3 rings (SSSR count). The molecule has 0 radical (unpaired) electrons. The SMILES string of the molecule is CNC1C(OC2C(OC3C(O)C(O)C(N=C(N)N)C(O)C3N=C(N)N)OC(C)C2(O)C=NO)OC(CO)C(O)C1O. The van der Waals surface area contributed by atoms with Crippen molar-refractivity contribution in [1.82, 2.24) is 5.32 Å². The maximum atomic E-state index is 11.4. The number of aliphatic hydroxyl groups is 7. The maximum absolute atomic E-state index is 11.4. The summed E-state index contributed by atoms with van der Waals surface area (Å²) in [5.41, 5.74) is 19.6. The van der Waals surface area contributed by atoms with E-state index in [1.165, 1.54) is 14.0 Å². The van der Waals surface area contributed by atoms with Gasteiger partial charge in [0.1, 0.15) is 60.9 Å². The van der Waals surface area contributed by atoms with Crippen LogP contribution in [0.5, 0.6) is 0 Å². The van der Waals surface area contributed by atoms with Crippen LogP contribution >= 0.6 is 0 Å². The highest BCUT2D eigenvalue weighted by Crippen LogP contribution is 2.38. The zero-order valence-electron chi connectivity index (χ0n) is 22.2. The predicted molar refractivity (Wildman–Crippen MR) is 137 cm³/mol. The predicted octanol–water partition coefficient (Wildman–Crippen LogP) is -7.90. The van der Waals surface area contributed by atoms with E-state index in [9.17, 15) is 41.0 Å². The Morgan fingerprint density at radius 2 is 1.49 bits per heavy atom. The van der Waals surface area contributed by atoms with E-state index in [0.29, 0.717) is 6.21 Å². The lowest BCUT2D eigenvalue weighted by molar-refractivity contribution is -0.313. The fourth-order valence-electron chi connectivity index (χ4n) is 5.19. The summed E-state index contributed by atoms with van der Waals surface area (Å²) < 4.78 is 23.2. The third-order valence-corrected chi connectivity index (χ3v) is 7.41. The molecule has 3 fully saturated rings. The number of likely N-dealkylation sites (N-methyl/N-ethyl adjacent to an activating group) is 1. The normalized spacial score (nSPS) is 46.9. The number of aliphatic imine (C=N–C) groups is 2. The molecule has 0 amide bonds. The summed E-state index contributed by atoms with van der Waals surface area (Å²) in [6, 6.07) is -4.07. The van der Waals surface area contributed by atoms with Crippen molar-refractivity contribution in [3.8, 4) is 0 Å². The van der Waals surface area contributed by atoms with Gasteiger partial charge in [-0.1, -0.05) is 5.16 Å². The van der Waals surface area contributed by atoms with Gasteiger partial charge < -0.3 is 88.2 Å². The minimum Gasteiger partial charge on any atom is -0.411 e. The van der Waals surface area contributed by atoms with E-state index in [-0.39, 0.29) is 0 Å². The van der Waals surface area contributed by atoms with Crippen molar-refractivity contribution in [2.75, 3.05) is 13.7 Å². The molecule has 20 heteroatoms. The van der Waals surface area contributed by atoms with Crippen molar-refractivity contribution in [3.63, 3.8) is 0 Å². The lowest BCUT2D eigenvalue weighted by Crippen LogP contribution is -2.66. The lowest BCUT2D eigenvalue weighted by atomic mass is 9.81. The molecular weight excluding hydrogens is 556 g/mol. The summed E-state index contributed by atoms with van der Waals surface area (Å²) >= 11 is 0. The molecule has 20 nitrogen and oxygen atoms in total. The van der Waals surface area contributed by atoms with Gasteiger partial charge >= 0.3 is 0 Å². The Morgan fingerprint density at radius 1 is 0.878 bits per heavy atom. The van der Waals surface area contributed by atoms with Crippen LogP contribution in [0.3, 0.4) is 0 Å². The Hall–Kier alpha value is -2.47. The first kappa shape index (κ1) is 33.0. The number of rotatable bonds is 9. The van der Waals surface area contributed by atoms with Crippen LogP contribution < -0.4 is 28.3 Å². The maximum Gasteiger partial charge on any atom is 0.188 e. The fourth-order valence-corrected chi connectivity index (χ4v) is 5.19. The van der Waals surface area contributed by atoms with Crippen LogP contribution in [-0.4, -0.2) is 164 Å². The van der Waals surface area contributed by atoms with E-state index in [0.717, 1.165) is 0 Å². The van der Waals surface area contributed by atoms with Crippen LogP contribution in [0.1, 0.15) is 6.92 Å². The van der Waals surface area contributed by atoms with E-state index >= 15 is 0 Å². The smallest absolute Gasteiger partial charge is 0.188 e. The van der Waals surface area contributed by atoms with Crippen molar-refractivity contribution < 1.29 is 59.9 Å². The monoisotopic (exact) mass is 596 g/mol. The summed E-state index contributed by atoms with van der Waals surface area (Å²) in [7, 11) is 1.43. The van der Waals surface area contributed by atoms with Gasteiger partial charge in [0.2, 0.25) is 0 Å². The molecular formula is C21H40N8O12. The van der Waals surface area contributed by atoms with Crippen molar-refractivity contribution in [2.45, 2.75) is 98.2 Å². The number of nitrogens with zero attached hydrogens (tertiary/aromatic N) is 3. The molecule has 0 aromatic heterocycles. The third-order valence-electron chi connectivity index (χ3n) is 7.41. The van der Waals surface area contributed by atoms with Gasteiger partial charge in [0.25, 0.3) is 0 Å². The highest BCUT2D eigenvalue weighted by atomic mass is 16.8. The first-order chi connectivity index (χ1) is 19.2. The number of nitrogens with one attached hydrogen (secondary N) is 1. The van der Waals surface area contributed by atoms with Crippen LogP contribution in [0.25, 0.3) is 0 Å². The number of hydrogen-bond acceptors (Lipinski definition) is 16. The molecule has 3 aliphatic rings. The van der Waals surface area contributed by atoms with Gasteiger partial charge in [-0.15, -0.1) is 0 Å². The van der Waals surface area contributed by atoms with Crippen LogP contribution in [0.15, 0.2) is 15.1 Å². The topological polar surface area (TPSA) is 352 Å². The van der Waals surface area contributed by atoms with Crippen LogP contribution in [-0.2, 0) is 18.9 Å². The van der Waals surface area contributed by atoms with E-state index in [4.69, 9.17) is 41.9 Å². The Bertz CT molecular complexity index is 971. The second-order valence-corrected chi connectivity index (χ2v) is 10.0. The van der Waals surface area contributed by atoms with Crippen molar-refractivity contribution in [2.24, 2.45) is 38.1 Å². The summed E-state index contributed by atoms with van der Waals surface area (Å²) in [4.78, 5) is 7.65. The second kappa shape index (κ2) is 13.2. The van der Waals surface area contributed by atoms with Crippen molar-refractivity contribution in [1.29, 1.82) is 0 Å². The first-order valence-electron chi connectivity index (χ1n) is 12.6. The summed E-state index contributed by atoms with van der Waals surface area (Å²) in [6.07, 6.45) is -16.6. The van der Waals surface area contributed by atoms with Gasteiger partial charge in [0, 0.05) is 0 Å². The Labute approximate surface area is 233 Å². The van der Waals surface area contributed by atoms with Gasteiger partial charge in [-0.3, -0.25) is 0 Å². The highest BCUT2D eigenvalue weighted by Gasteiger charge is 2.60. The zero-order chi connectivity index (χ0) is 30.8. The molecule has 0 bridgehead atoms. The van der Waals surface area contributed by atoms with Crippen molar-refractivity contribution in [3.05, 3.63) is 0 Å². The Balaban J connectivity index is 1.99. The van der Waals surface area contributed by atoms with E-state index in [1.807, 2.05) is 0 Å². The number of guanidine groups is 2. The highest BCUT2D eigenvalue weighted by molar-refractivity contribution is 5.76. The molecule has 1 saturated carbocycles. The molecule has 17 N–H and O–H groups in total. The van der Waals surface area contributed by atoms with Gasteiger partial charge in [-0.25, -0.2) is 9.98 Å². The third kappa shape index (κ3) is 6.48. The average Bonchev–Trinajstić information content (AvgIpc) is 3.13. The molecule has 41 heavy (non-hydrogen) atoms. The van der Waals surface area contributed by atoms with Crippen molar-refractivity contribution >= 4 is 18.1 Å². The quantitative estimate of drug-likeness (QED) is 0.0508. The number of aliphatic hydroxyl groups excluding tert-OH is 6. The molecule has 2 heterocycles. The fraction of sp³-hybridized carbons (Fsp3) is 0.857. The number of hydrogen-bond donors (Lipinski definition) is 13. The molecule has 1 aliphatic carbocycles. The molecule has 0 aromatic carbocycles. The molecule has 2 aliphatic heterocycles. The first-order valence-corrected chi connectivity index (χ1v) is 12.6. The lowest BCUT2D eigenvalue weighted by Gasteiger charge is -2.45. The number of ether oxygens (including phenoxy) is 4. The molecule has 2 saturated heterocycles. The van der Waals surface area contributed by atoms with E-state index < -0.39 is 110 Å². The van der Waals surface area contributed by atoms with Crippen LogP contribution in [0.4, 0.5) is 0 Å². The van der Waals surface area contributed by atoms with Gasteiger partial charge in [-0.05, 0) is 14.0 Å². The van der Waals surface area contributed by atoms with Gasteiger partial charge in [0.15, 0.2) is 30.1 Å². The number of oxime groups is 1. The second-order valence-electron chi connectivity index (χ2n) is 10.0. The standard InChI is InChI=1S/C21H40N8O12/c1-5-21(36,4-27-37)16(41-17-9(26-2)13(34)10(31)6(3-30)39-17)18(38-5)40-15-8(29-20(24)25)11(32)7(28-19(22)23)12(33)14(15)35/h4-18,26,30-37H,3H2,1-2H3,(H4,22,23,28)(H4,24,25,29). The van der Waals surface area contributed by atoms with Crippen LogP contribution in [0, 0.1) is 0 Å².